The molecule has 1 amide bonds. The minimum absolute atomic E-state index is 0.122. The first-order valence-corrected chi connectivity index (χ1v) is 5.99. The van der Waals surface area contributed by atoms with Crippen LogP contribution >= 0.6 is 0 Å². The summed E-state index contributed by atoms with van der Waals surface area (Å²) in [7, 11) is 1.58. The van der Waals surface area contributed by atoms with Gasteiger partial charge in [0.15, 0.2) is 0 Å². The summed E-state index contributed by atoms with van der Waals surface area (Å²) in [5.41, 5.74) is 0.393. The van der Waals surface area contributed by atoms with E-state index >= 15 is 0 Å². The van der Waals surface area contributed by atoms with Crippen molar-refractivity contribution < 1.29 is 14.6 Å². The van der Waals surface area contributed by atoms with E-state index in [1.54, 1.807) is 7.11 Å². The number of carbonyl (C=O) groups excluding carboxylic acids is 1. The van der Waals surface area contributed by atoms with Gasteiger partial charge in [0.2, 0.25) is 5.91 Å². The van der Waals surface area contributed by atoms with Gasteiger partial charge in [-0.05, 0) is 19.4 Å². The fourth-order valence-electron chi connectivity index (χ4n) is 1.62. The highest BCUT2D eigenvalue weighted by Crippen LogP contribution is 2.15. The van der Waals surface area contributed by atoms with Gasteiger partial charge in [0.1, 0.15) is 0 Å². The van der Waals surface area contributed by atoms with Crippen LogP contribution in [-0.4, -0.2) is 30.3 Å². The normalized spacial score (nSPS) is 13.1. The number of aliphatic hydroxyl groups is 1. The molecule has 0 bridgehead atoms. The average molecular weight is 251 g/mol. The van der Waals surface area contributed by atoms with Crippen molar-refractivity contribution in [3.8, 4) is 0 Å². The number of aliphatic hydroxyl groups excluding tert-OH is 1. The molecule has 2 N–H and O–H groups in total. The average Bonchev–Trinajstić information content (AvgIpc) is 2.36. The standard InChI is InChI=1S/C14H21NO3/c1-14(2,18-3)9-13(17)15-12(10-16)11-7-5-4-6-8-11/h4-8,12,16H,9-10H2,1-3H3,(H,15,17)/t12-/m0/s1. The van der Waals surface area contributed by atoms with E-state index in [1.165, 1.54) is 0 Å². The van der Waals surface area contributed by atoms with Crippen molar-refractivity contribution in [2.75, 3.05) is 13.7 Å². The lowest BCUT2D eigenvalue weighted by Gasteiger charge is -2.24. The number of amides is 1. The van der Waals surface area contributed by atoms with Crippen LogP contribution in [-0.2, 0) is 9.53 Å². The monoisotopic (exact) mass is 251 g/mol. The molecule has 0 aromatic heterocycles. The second-order valence-corrected chi connectivity index (χ2v) is 4.85. The van der Waals surface area contributed by atoms with Gasteiger partial charge in [-0.15, -0.1) is 0 Å². The third kappa shape index (κ3) is 4.47. The van der Waals surface area contributed by atoms with E-state index in [9.17, 15) is 9.90 Å². The molecule has 4 heteroatoms. The number of methoxy groups -OCH3 is 1. The summed E-state index contributed by atoms with van der Waals surface area (Å²) in [5.74, 6) is -0.134. The molecule has 18 heavy (non-hydrogen) atoms. The third-order valence-electron chi connectivity index (χ3n) is 2.86. The molecular formula is C14H21NO3. The zero-order valence-corrected chi connectivity index (χ0v) is 11.1. The van der Waals surface area contributed by atoms with Crippen LogP contribution in [0.1, 0.15) is 31.9 Å². The highest BCUT2D eigenvalue weighted by Gasteiger charge is 2.23. The first-order valence-electron chi connectivity index (χ1n) is 5.99. The molecule has 1 aromatic rings. The molecule has 0 unspecified atom stereocenters. The Morgan fingerprint density at radius 2 is 2.00 bits per heavy atom. The number of carbonyl (C=O) groups is 1. The fraction of sp³-hybridized carbons (Fsp3) is 0.500. The van der Waals surface area contributed by atoms with Crippen LogP contribution in [0, 0.1) is 0 Å². The zero-order valence-electron chi connectivity index (χ0n) is 11.1. The molecule has 0 spiro atoms. The molecule has 1 atom stereocenters. The minimum Gasteiger partial charge on any atom is -0.394 e. The number of ether oxygens (including phenoxy) is 1. The predicted octanol–water partition coefficient (Wildman–Crippen LogP) is 1.65. The van der Waals surface area contributed by atoms with E-state index in [0.717, 1.165) is 5.56 Å². The Morgan fingerprint density at radius 3 is 2.50 bits per heavy atom. The van der Waals surface area contributed by atoms with Gasteiger partial charge in [-0.2, -0.15) is 0 Å². The molecule has 1 aromatic carbocycles. The van der Waals surface area contributed by atoms with Crippen LogP contribution in [0.25, 0.3) is 0 Å². The van der Waals surface area contributed by atoms with Crippen molar-refractivity contribution in [2.24, 2.45) is 0 Å². The zero-order chi connectivity index (χ0) is 13.6. The topological polar surface area (TPSA) is 58.6 Å². The van der Waals surface area contributed by atoms with Crippen molar-refractivity contribution in [1.82, 2.24) is 5.32 Å². The maximum atomic E-state index is 11.9. The summed E-state index contributed by atoms with van der Waals surface area (Å²) in [6, 6.07) is 9.04. The molecule has 100 valence electrons. The lowest BCUT2D eigenvalue weighted by molar-refractivity contribution is -0.127. The summed E-state index contributed by atoms with van der Waals surface area (Å²) in [6.07, 6.45) is 0.257. The fourth-order valence-corrected chi connectivity index (χ4v) is 1.62. The number of nitrogens with one attached hydrogen (secondary N) is 1. The molecule has 0 saturated carbocycles. The van der Waals surface area contributed by atoms with Crippen molar-refractivity contribution in [3.05, 3.63) is 35.9 Å². The SMILES string of the molecule is COC(C)(C)CC(=O)N[C@@H](CO)c1ccccc1. The largest absolute Gasteiger partial charge is 0.394 e. The van der Waals surface area contributed by atoms with Crippen molar-refractivity contribution >= 4 is 5.91 Å². The molecular weight excluding hydrogens is 230 g/mol. The Morgan fingerprint density at radius 1 is 1.39 bits per heavy atom. The number of hydrogen-bond acceptors (Lipinski definition) is 3. The van der Waals surface area contributed by atoms with E-state index < -0.39 is 5.60 Å². The number of hydrogen-bond donors (Lipinski definition) is 2. The van der Waals surface area contributed by atoms with Gasteiger partial charge in [0, 0.05) is 7.11 Å². The van der Waals surface area contributed by atoms with Crippen LogP contribution in [0.2, 0.25) is 0 Å². The molecule has 0 aliphatic rings. The third-order valence-corrected chi connectivity index (χ3v) is 2.86. The molecule has 0 fully saturated rings. The molecule has 0 aliphatic heterocycles. The molecule has 0 saturated heterocycles. The van der Waals surface area contributed by atoms with Gasteiger partial charge in [0.25, 0.3) is 0 Å². The molecule has 1 rings (SSSR count). The Kier molecular flexibility index (Phi) is 5.31. The predicted molar refractivity (Wildman–Crippen MR) is 70.1 cm³/mol. The van der Waals surface area contributed by atoms with Crippen LogP contribution < -0.4 is 5.32 Å². The summed E-state index contributed by atoms with van der Waals surface area (Å²) in [6.45, 7) is 3.58. The summed E-state index contributed by atoms with van der Waals surface area (Å²) in [5, 5.41) is 12.1. The highest BCUT2D eigenvalue weighted by atomic mass is 16.5. The lowest BCUT2D eigenvalue weighted by atomic mass is 10.0. The van der Waals surface area contributed by atoms with E-state index in [0.29, 0.717) is 0 Å². The Labute approximate surface area is 108 Å². The maximum absolute atomic E-state index is 11.9. The van der Waals surface area contributed by atoms with Gasteiger partial charge >= 0.3 is 0 Å². The quantitative estimate of drug-likeness (QED) is 0.808. The van der Waals surface area contributed by atoms with E-state index in [1.807, 2.05) is 44.2 Å². The molecule has 4 nitrogen and oxygen atoms in total. The molecule has 0 aliphatic carbocycles. The number of benzene rings is 1. The number of rotatable bonds is 6. The Bertz CT molecular complexity index is 376. The maximum Gasteiger partial charge on any atom is 0.223 e. The second kappa shape index (κ2) is 6.52. The van der Waals surface area contributed by atoms with Crippen molar-refractivity contribution in [2.45, 2.75) is 31.9 Å². The van der Waals surface area contributed by atoms with Crippen molar-refractivity contribution in [1.29, 1.82) is 0 Å². The summed E-state index contributed by atoms with van der Waals surface area (Å²) in [4.78, 5) is 11.9. The first-order chi connectivity index (χ1) is 8.48. The minimum atomic E-state index is -0.499. The van der Waals surface area contributed by atoms with Crippen molar-refractivity contribution in [3.63, 3.8) is 0 Å². The van der Waals surface area contributed by atoms with E-state index in [4.69, 9.17) is 4.74 Å². The smallest absolute Gasteiger partial charge is 0.223 e. The first kappa shape index (κ1) is 14.7. The van der Waals surface area contributed by atoms with Gasteiger partial charge in [-0.25, -0.2) is 0 Å². The second-order valence-electron chi connectivity index (χ2n) is 4.85. The summed E-state index contributed by atoms with van der Waals surface area (Å²) >= 11 is 0. The van der Waals surface area contributed by atoms with Gasteiger partial charge in [0.05, 0.1) is 24.7 Å². The van der Waals surface area contributed by atoms with Gasteiger partial charge < -0.3 is 15.2 Å². The van der Waals surface area contributed by atoms with Crippen LogP contribution in [0.3, 0.4) is 0 Å². The van der Waals surface area contributed by atoms with E-state index in [-0.39, 0.29) is 25.0 Å². The Balaban J connectivity index is 2.62. The van der Waals surface area contributed by atoms with Crippen LogP contribution in [0.5, 0.6) is 0 Å². The summed E-state index contributed by atoms with van der Waals surface area (Å²) < 4.78 is 5.21. The van der Waals surface area contributed by atoms with Crippen LogP contribution in [0.15, 0.2) is 30.3 Å². The lowest BCUT2D eigenvalue weighted by Crippen LogP contribution is -2.36. The van der Waals surface area contributed by atoms with E-state index in [2.05, 4.69) is 5.32 Å². The van der Waals surface area contributed by atoms with Gasteiger partial charge in [-0.3, -0.25) is 4.79 Å². The van der Waals surface area contributed by atoms with Gasteiger partial charge in [-0.1, -0.05) is 30.3 Å². The molecule has 0 radical (unpaired) electrons. The molecule has 0 heterocycles. The highest BCUT2D eigenvalue weighted by molar-refractivity contribution is 5.77. The Hall–Kier alpha value is -1.39. The van der Waals surface area contributed by atoms with Crippen LogP contribution in [0.4, 0.5) is 0 Å².